The van der Waals surface area contributed by atoms with Crippen molar-refractivity contribution in [1.29, 1.82) is 0 Å². The van der Waals surface area contributed by atoms with Gasteiger partial charge in [-0.2, -0.15) is 0 Å². The van der Waals surface area contributed by atoms with E-state index < -0.39 is 11.2 Å². The molecule has 0 radical (unpaired) electrons. The van der Waals surface area contributed by atoms with Crippen LogP contribution >= 0.6 is 0 Å². The van der Waals surface area contributed by atoms with Crippen molar-refractivity contribution < 1.29 is 19.1 Å². The van der Waals surface area contributed by atoms with E-state index in [1.54, 1.807) is 24.0 Å². The van der Waals surface area contributed by atoms with Gasteiger partial charge in [-0.15, -0.1) is 0 Å². The highest BCUT2D eigenvalue weighted by Gasteiger charge is 2.35. The molecule has 1 heterocycles. The zero-order valence-electron chi connectivity index (χ0n) is 17.6. The van der Waals surface area contributed by atoms with Gasteiger partial charge in [-0.25, -0.2) is 9.79 Å². The second kappa shape index (κ2) is 9.32. The average molecular weight is 395 g/mol. The lowest BCUT2D eigenvalue weighted by Crippen LogP contribution is -2.45. The minimum Gasteiger partial charge on any atom is -0.466 e. The minimum absolute atomic E-state index is 0.147. The van der Waals surface area contributed by atoms with Crippen LogP contribution in [-0.2, 0) is 10.3 Å². The van der Waals surface area contributed by atoms with Gasteiger partial charge in [0.05, 0.1) is 12.8 Å². The Morgan fingerprint density at radius 2 is 2.07 bits per heavy atom. The van der Waals surface area contributed by atoms with Crippen LogP contribution in [0.5, 0.6) is 0 Å². The molecule has 8 nitrogen and oxygen atoms in total. The van der Waals surface area contributed by atoms with Crippen LogP contribution in [0.25, 0.3) is 0 Å². The highest BCUT2D eigenvalue weighted by atomic mass is 16.6. The zero-order chi connectivity index (χ0) is 20.8. The van der Waals surface area contributed by atoms with Crippen molar-refractivity contribution in [2.45, 2.75) is 64.7 Å². The van der Waals surface area contributed by atoms with E-state index in [9.17, 15) is 9.90 Å². The lowest BCUT2D eigenvalue weighted by molar-refractivity contribution is 0.0238. The van der Waals surface area contributed by atoms with Crippen LogP contribution in [0.3, 0.4) is 0 Å². The lowest BCUT2D eigenvalue weighted by atomic mass is 10.0. The number of carbonyl (C=O) groups excluding carboxylic acids is 1. The van der Waals surface area contributed by atoms with E-state index in [0.717, 1.165) is 12.8 Å². The molecule has 1 atom stereocenters. The van der Waals surface area contributed by atoms with Gasteiger partial charge >= 0.3 is 6.09 Å². The van der Waals surface area contributed by atoms with Gasteiger partial charge in [0.2, 0.25) is 0 Å². The van der Waals surface area contributed by atoms with Gasteiger partial charge < -0.3 is 29.8 Å². The zero-order valence-corrected chi connectivity index (χ0v) is 17.6. The summed E-state index contributed by atoms with van der Waals surface area (Å²) in [5.41, 5.74) is -1.70. The monoisotopic (exact) mass is 394 g/mol. The summed E-state index contributed by atoms with van der Waals surface area (Å²) in [6.07, 6.45) is 3.28. The van der Waals surface area contributed by atoms with E-state index in [4.69, 9.17) is 9.15 Å². The van der Waals surface area contributed by atoms with Gasteiger partial charge in [0, 0.05) is 25.7 Å². The van der Waals surface area contributed by atoms with Crippen molar-refractivity contribution in [2.24, 2.45) is 4.99 Å². The van der Waals surface area contributed by atoms with Crippen LogP contribution in [0.4, 0.5) is 4.79 Å². The van der Waals surface area contributed by atoms with Crippen molar-refractivity contribution in [3.05, 3.63) is 24.2 Å². The molecule has 8 heteroatoms. The molecule has 1 aromatic rings. The normalized spacial score (nSPS) is 17.0. The SMILES string of the molecule is CCNC(=NCC(C)(O)c1ccco1)NCCN(C(=O)OC(C)(C)C)C1CC1. The van der Waals surface area contributed by atoms with Gasteiger partial charge in [0.25, 0.3) is 0 Å². The number of carbonyl (C=O) groups is 1. The fourth-order valence-corrected chi connectivity index (χ4v) is 2.66. The van der Waals surface area contributed by atoms with Crippen molar-refractivity contribution in [3.8, 4) is 0 Å². The van der Waals surface area contributed by atoms with E-state index in [1.165, 1.54) is 6.26 Å². The van der Waals surface area contributed by atoms with Crippen LogP contribution in [0.2, 0.25) is 0 Å². The van der Waals surface area contributed by atoms with E-state index >= 15 is 0 Å². The third kappa shape index (κ3) is 7.07. The molecule has 1 aliphatic rings. The maximum atomic E-state index is 12.4. The molecule has 1 saturated carbocycles. The number of ether oxygens (including phenoxy) is 1. The number of furan rings is 1. The van der Waals surface area contributed by atoms with E-state index in [0.29, 0.717) is 31.4 Å². The number of aliphatic imine (C=N–C) groups is 1. The first-order valence-corrected chi connectivity index (χ1v) is 9.90. The maximum Gasteiger partial charge on any atom is 0.410 e. The summed E-state index contributed by atoms with van der Waals surface area (Å²) in [6.45, 7) is 11.1. The fourth-order valence-electron chi connectivity index (χ4n) is 2.66. The average Bonchev–Trinajstić information content (AvgIpc) is 3.25. The number of hydrogen-bond donors (Lipinski definition) is 3. The fraction of sp³-hybridized carbons (Fsp3) is 0.700. The number of aliphatic hydroxyl groups is 1. The van der Waals surface area contributed by atoms with Crippen molar-refractivity contribution in [3.63, 3.8) is 0 Å². The van der Waals surface area contributed by atoms with Crippen LogP contribution in [0.15, 0.2) is 27.8 Å². The number of amides is 1. The minimum atomic E-state index is -1.19. The lowest BCUT2D eigenvalue weighted by Gasteiger charge is -2.27. The summed E-state index contributed by atoms with van der Waals surface area (Å²) in [5.74, 6) is 1.05. The Kier molecular flexibility index (Phi) is 7.35. The number of guanidine groups is 1. The largest absolute Gasteiger partial charge is 0.466 e. The Morgan fingerprint density at radius 1 is 1.36 bits per heavy atom. The molecule has 1 fully saturated rings. The van der Waals surface area contributed by atoms with Crippen LogP contribution < -0.4 is 10.6 Å². The Hall–Kier alpha value is -2.22. The second-order valence-electron chi connectivity index (χ2n) is 8.28. The van der Waals surface area contributed by atoms with Gasteiger partial charge in [-0.1, -0.05) is 0 Å². The molecule has 0 aromatic carbocycles. The van der Waals surface area contributed by atoms with E-state index in [1.807, 2.05) is 27.7 Å². The highest BCUT2D eigenvalue weighted by Crippen LogP contribution is 2.28. The molecule has 1 aromatic heterocycles. The highest BCUT2D eigenvalue weighted by molar-refractivity contribution is 5.79. The number of nitrogens with zero attached hydrogens (tertiary/aromatic N) is 2. The first-order chi connectivity index (χ1) is 13.1. The Labute approximate surface area is 167 Å². The topological polar surface area (TPSA) is 99.3 Å². The number of nitrogens with one attached hydrogen (secondary N) is 2. The predicted octanol–water partition coefficient (Wildman–Crippen LogP) is 2.44. The Balaban J connectivity index is 1.90. The third-order valence-electron chi connectivity index (χ3n) is 4.20. The van der Waals surface area contributed by atoms with E-state index in [2.05, 4.69) is 15.6 Å². The molecule has 3 N–H and O–H groups in total. The summed E-state index contributed by atoms with van der Waals surface area (Å²) >= 11 is 0. The molecule has 28 heavy (non-hydrogen) atoms. The molecule has 0 aliphatic heterocycles. The van der Waals surface area contributed by atoms with Crippen LogP contribution in [0.1, 0.15) is 53.2 Å². The van der Waals surface area contributed by atoms with Crippen molar-refractivity contribution >= 4 is 12.1 Å². The van der Waals surface area contributed by atoms with Gasteiger partial charge in [0.15, 0.2) is 5.96 Å². The third-order valence-corrected chi connectivity index (χ3v) is 4.20. The summed E-state index contributed by atoms with van der Waals surface area (Å²) < 4.78 is 10.8. The summed E-state index contributed by atoms with van der Waals surface area (Å²) in [4.78, 5) is 18.6. The maximum absolute atomic E-state index is 12.4. The summed E-state index contributed by atoms with van der Waals surface area (Å²) in [6, 6.07) is 3.72. The first kappa shape index (κ1) is 22.1. The standard InChI is InChI=1S/C20H34N4O4/c1-6-21-17(23-14-20(5,26)16-8-7-13-27-16)22-11-12-24(15-9-10-15)18(25)28-19(2,3)4/h7-8,13,15,26H,6,9-12,14H2,1-5H3,(H2,21,22,23). The molecule has 0 spiro atoms. The smallest absolute Gasteiger partial charge is 0.410 e. The van der Waals surface area contributed by atoms with Crippen LogP contribution in [-0.4, -0.2) is 59.9 Å². The number of hydrogen-bond acceptors (Lipinski definition) is 5. The molecular weight excluding hydrogens is 360 g/mol. The Bertz CT molecular complexity index is 646. The number of rotatable bonds is 8. The first-order valence-electron chi connectivity index (χ1n) is 9.90. The van der Waals surface area contributed by atoms with E-state index in [-0.39, 0.29) is 18.7 Å². The quantitative estimate of drug-likeness (QED) is 0.463. The van der Waals surface area contributed by atoms with Gasteiger partial charge in [-0.3, -0.25) is 0 Å². The molecule has 0 saturated heterocycles. The molecule has 158 valence electrons. The molecular formula is C20H34N4O4. The van der Waals surface area contributed by atoms with Crippen molar-refractivity contribution in [2.75, 3.05) is 26.2 Å². The Morgan fingerprint density at radius 3 is 2.61 bits per heavy atom. The van der Waals surface area contributed by atoms with Crippen molar-refractivity contribution in [1.82, 2.24) is 15.5 Å². The molecule has 1 amide bonds. The molecule has 2 rings (SSSR count). The molecule has 1 unspecified atom stereocenters. The van der Waals surface area contributed by atoms with Gasteiger partial charge in [-0.05, 0) is 59.6 Å². The predicted molar refractivity (Wildman–Crippen MR) is 108 cm³/mol. The molecule has 0 bridgehead atoms. The van der Waals surface area contributed by atoms with Crippen LogP contribution in [0, 0.1) is 0 Å². The molecule has 1 aliphatic carbocycles. The second-order valence-corrected chi connectivity index (χ2v) is 8.28. The summed E-state index contributed by atoms with van der Waals surface area (Å²) in [7, 11) is 0. The van der Waals surface area contributed by atoms with Gasteiger partial charge in [0.1, 0.15) is 17.0 Å². The summed E-state index contributed by atoms with van der Waals surface area (Å²) in [5, 5.41) is 16.9.